The first kappa shape index (κ1) is 15.7. The Morgan fingerprint density at radius 1 is 0.778 bits per heavy atom. The van der Waals surface area contributed by atoms with Gasteiger partial charge in [0.1, 0.15) is 11.4 Å². The number of benzene rings is 3. The van der Waals surface area contributed by atoms with Crippen LogP contribution in [0.2, 0.25) is 0 Å². The summed E-state index contributed by atoms with van der Waals surface area (Å²) in [5.74, 6) is -0.305. The number of hydrogen-bond acceptors (Lipinski definition) is 3. The van der Waals surface area contributed by atoms with Gasteiger partial charge in [0.25, 0.3) is 0 Å². The summed E-state index contributed by atoms with van der Waals surface area (Å²) in [7, 11) is 0. The maximum Gasteiger partial charge on any atom is 0.214 e. The van der Waals surface area contributed by atoms with Gasteiger partial charge in [0.2, 0.25) is 11.6 Å². The third kappa shape index (κ3) is 2.49. The fourth-order valence-corrected chi connectivity index (χ4v) is 3.73. The van der Waals surface area contributed by atoms with Crippen molar-refractivity contribution in [1.82, 2.24) is 9.55 Å². The second kappa shape index (κ2) is 6.02. The SMILES string of the molecule is O=C1c2ccccc2C(=O)c2c1ncn2CCc1ccc2ccccc2c1. The monoisotopic (exact) mass is 352 g/mol. The molecule has 1 aliphatic rings. The number of rotatable bonds is 3. The zero-order valence-electron chi connectivity index (χ0n) is 14.6. The van der Waals surface area contributed by atoms with Crippen molar-refractivity contribution in [3.63, 3.8) is 0 Å². The lowest BCUT2D eigenvalue weighted by atomic mass is 9.90. The van der Waals surface area contributed by atoms with E-state index in [1.807, 2.05) is 12.1 Å². The minimum atomic E-state index is -0.176. The lowest BCUT2D eigenvalue weighted by molar-refractivity contribution is 0.0971. The molecule has 4 nitrogen and oxygen atoms in total. The van der Waals surface area contributed by atoms with Gasteiger partial charge in [-0.2, -0.15) is 0 Å². The molecule has 0 unspecified atom stereocenters. The first-order valence-corrected chi connectivity index (χ1v) is 8.93. The molecule has 0 saturated heterocycles. The average Bonchev–Trinajstić information content (AvgIpc) is 3.15. The van der Waals surface area contributed by atoms with Crippen molar-refractivity contribution in [2.24, 2.45) is 0 Å². The smallest absolute Gasteiger partial charge is 0.214 e. The number of ketones is 2. The number of fused-ring (bicyclic) bond motifs is 3. The third-order valence-electron chi connectivity index (χ3n) is 5.14. The molecule has 0 bridgehead atoms. The van der Waals surface area contributed by atoms with Crippen LogP contribution < -0.4 is 0 Å². The molecule has 1 aromatic heterocycles. The highest BCUT2D eigenvalue weighted by Gasteiger charge is 2.33. The zero-order valence-corrected chi connectivity index (χ0v) is 14.6. The minimum absolute atomic E-state index is 0.129. The molecule has 4 heteroatoms. The van der Waals surface area contributed by atoms with E-state index in [1.54, 1.807) is 35.2 Å². The summed E-state index contributed by atoms with van der Waals surface area (Å²) in [6, 6.07) is 21.6. The molecule has 0 aliphatic heterocycles. The summed E-state index contributed by atoms with van der Waals surface area (Å²) >= 11 is 0. The molecule has 0 fully saturated rings. The Kier molecular flexibility index (Phi) is 3.50. The van der Waals surface area contributed by atoms with Gasteiger partial charge in [-0.15, -0.1) is 0 Å². The fourth-order valence-electron chi connectivity index (χ4n) is 3.73. The number of aryl methyl sites for hydroxylation is 2. The number of aromatic nitrogens is 2. The molecule has 0 N–H and O–H groups in total. The van der Waals surface area contributed by atoms with Crippen molar-refractivity contribution in [2.45, 2.75) is 13.0 Å². The zero-order chi connectivity index (χ0) is 18.4. The predicted molar refractivity (Wildman–Crippen MR) is 103 cm³/mol. The Morgan fingerprint density at radius 3 is 2.30 bits per heavy atom. The van der Waals surface area contributed by atoms with Crippen LogP contribution in [0.1, 0.15) is 37.7 Å². The van der Waals surface area contributed by atoms with Gasteiger partial charge in [0.05, 0.1) is 6.33 Å². The highest BCUT2D eigenvalue weighted by molar-refractivity contribution is 6.27. The first-order valence-electron chi connectivity index (χ1n) is 8.93. The van der Waals surface area contributed by atoms with E-state index in [1.165, 1.54) is 16.3 Å². The lowest BCUT2D eigenvalue weighted by Crippen LogP contribution is -2.23. The van der Waals surface area contributed by atoms with Gasteiger partial charge in [-0.05, 0) is 22.8 Å². The van der Waals surface area contributed by atoms with E-state index in [2.05, 4.69) is 35.3 Å². The van der Waals surface area contributed by atoms with E-state index in [0.29, 0.717) is 23.4 Å². The van der Waals surface area contributed by atoms with Crippen LogP contribution in [0, 0.1) is 0 Å². The van der Waals surface area contributed by atoms with Gasteiger partial charge >= 0.3 is 0 Å². The number of carbonyl (C=O) groups is 2. The van der Waals surface area contributed by atoms with Crippen molar-refractivity contribution < 1.29 is 9.59 Å². The summed E-state index contributed by atoms with van der Waals surface area (Å²) < 4.78 is 1.81. The van der Waals surface area contributed by atoms with Crippen LogP contribution in [0.5, 0.6) is 0 Å². The Morgan fingerprint density at radius 2 is 1.48 bits per heavy atom. The van der Waals surface area contributed by atoms with Crippen LogP contribution in [-0.4, -0.2) is 21.1 Å². The fraction of sp³-hybridized carbons (Fsp3) is 0.0870. The molecular formula is C23H16N2O2. The molecule has 0 saturated carbocycles. The van der Waals surface area contributed by atoms with E-state index < -0.39 is 0 Å². The molecule has 0 amide bonds. The maximum atomic E-state index is 12.9. The van der Waals surface area contributed by atoms with Crippen molar-refractivity contribution >= 4 is 22.3 Å². The maximum absolute atomic E-state index is 12.9. The van der Waals surface area contributed by atoms with Gasteiger partial charge in [-0.3, -0.25) is 9.59 Å². The van der Waals surface area contributed by atoms with Gasteiger partial charge < -0.3 is 4.57 Å². The Labute approximate surface area is 156 Å². The van der Waals surface area contributed by atoms with Crippen LogP contribution in [0.25, 0.3) is 10.8 Å². The second-order valence-electron chi connectivity index (χ2n) is 6.77. The molecule has 4 aromatic rings. The second-order valence-corrected chi connectivity index (χ2v) is 6.77. The summed E-state index contributed by atoms with van der Waals surface area (Å²) in [5, 5.41) is 2.40. The quantitative estimate of drug-likeness (QED) is 0.492. The van der Waals surface area contributed by atoms with Gasteiger partial charge in [-0.1, -0.05) is 66.7 Å². The topological polar surface area (TPSA) is 52.0 Å². The number of nitrogens with zero attached hydrogens (tertiary/aromatic N) is 2. The largest absolute Gasteiger partial charge is 0.327 e. The van der Waals surface area contributed by atoms with Crippen molar-refractivity contribution in [3.8, 4) is 0 Å². The predicted octanol–water partition coefficient (Wildman–Crippen LogP) is 4.05. The minimum Gasteiger partial charge on any atom is -0.327 e. The normalized spacial score (nSPS) is 12.9. The average molecular weight is 352 g/mol. The molecular weight excluding hydrogens is 336 g/mol. The van der Waals surface area contributed by atoms with Crippen molar-refractivity contribution in [3.05, 3.63) is 101 Å². The van der Waals surface area contributed by atoms with Gasteiger partial charge in [-0.25, -0.2) is 4.98 Å². The molecule has 3 aromatic carbocycles. The van der Waals surface area contributed by atoms with E-state index in [4.69, 9.17) is 0 Å². The van der Waals surface area contributed by atoms with Crippen LogP contribution in [0.4, 0.5) is 0 Å². The summed E-state index contributed by atoms with van der Waals surface area (Å²) in [4.78, 5) is 29.8. The molecule has 0 spiro atoms. The molecule has 130 valence electrons. The van der Waals surface area contributed by atoms with Crippen molar-refractivity contribution in [2.75, 3.05) is 0 Å². The Balaban J connectivity index is 1.46. The highest BCUT2D eigenvalue weighted by atomic mass is 16.1. The van der Waals surface area contributed by atoms with Crippen LogP contribution in [0.3, 0.4) is 0 Å². The van der Waals surface area contributed by atoms with Crippen LogP contribution in [0.15, 0.2) is 73.1 Å². The Hall–Kier alpha value is -3.53. The van der Waals surface area contributed by atoms with Gasteiger partial charge in [0, 0.05) is 17.7 Å². The molecule has 0 atom stereocenters. The number of hydrogen-bond donors (Lipinski definition) is 0. The number of imidazole rings is 1. The van der Waals surface area contributed by atoms with E-state index in [-0.39, 0.29) is 17.3 Å². The van der Waals surface area contributed by atoms with Crippen LogP contribution >= 0.6 is 0 Å². The van der Waals surface area contributed by atoms with Gasteiger partial charge in [0.15, 0.2) is 0 Å². The Bertz CT molecular complexity index is 1220. The van der Waals surface area contributed by atoms with E-state index >= 15 is 0 Å². The molecule has 5 rings (SSSR count). The first-order chi connectivity index (χ1) is 13.2. The summed E-state index contributed by atoms with van der Waals surface area (Å²) in [5.41, 5.74) is 2.75. The van der Waals surface area contributed by atoms with Crippen molar-refractivity contribution in [1.29, 1.82) is 0 Å². The molecule has 1 aliphatic carbocycles. The standard InChI is InChI=1S/C23H16N2O2/c26-22-18-7-3-4-8-19(18)23(27)21-20(22)24-14-25(21)12-11-15-9-10-16-5-1-2-6-17(16)13-15/h1-10,13-14H,11-12H2. The lowest BCUT2D eigenvalue weighted by Gasteiger charge is -2.15. The third-order valence-corrected chi connectivity index (χ3v) is 5.14. The number of carbonyl (C=O) groups excluding carboxylic acids is 2. The van der Waals surface area contributed by atoms with Crippen LogP contribution in [-0.2, 0) is 13.0 Å². The van der Waals surface area contributed by atoms with E-state index in [0.717, 1.165) is 6.42 Å². The molecule has 1 heterocycles. The highest BCUT2D eigenvalue weighted by Crippen LogP contribution is 2.26. The molecule has 27 heavy (non-hydrogen) atoms. The summed E-state index contributed by atoms with van der Waals surface area (Å²) in [6.45, 7) is 0.599. The molecule has 0 radical (unpaired) electrons. The summed E-state index contributed by atoms with van der Waals surface area (Å²) in [6.07, 6.45) is 2.37. The van der Waals surface area contributed by atoms with E-state index in [9.17, 15) is 9.59 Å².